The van der Waals surface area contributed by atoms with E-state index < -0.39 is 17.9 Å². The predicted molar refractivity (Wildman–Crippen MR) is 231 cm³/mol. The first-order valence-electron chi connectivity index (χ1n) is 20.0. The number of fused-ring (bicyclic) bond motifs is 8. The number of nitrogens with one attached hydrogen (secondary N) is 3. The van der Waals surface area contributed by atoms with E-state index in [9.17, 15) is 24.6 Å². The number of aromatic carboxylic acids is 1. The summed E-state index contributed by atoms with van der Waals surface area (Å²) in [5.41, 5.74) is 10.4. The summed E-state index contributed by atoms with van der Waals surface area (Å²) in [6.07, 6.45) is 3.66. The van der Waals surface area contributed by atoms with Crippen LogP contribution < -0.4 is 5.32 Å². The molecule has 2 aliphatic rings. The van der Waals surface area contributed by atoms with E-state index in [0.29, 0.717) is 52.5 Å². The van der Waals surface area contributed by atoms with Gasteiger partial charge in [0.2, 0.25) is 5.91 Å². The van der Waals surface area contributed by atoms with Crippen molar-refractivity contribution in [1.29, 1.82) is 0 Å². The molecule has 57 heavy (non-hydrogen) atoms. The van der Waals surface area contributed by atoms with E-state index in [4.69, 9.17) is 14.7 Å². The molecule has 8 bridgehead atoms. The number of H-pyrrole nitrogens is 2. The molecule has 0 radical (unpaired) electrons. The van der Waals surface area contributed by atoms with Crippen LogP contribution in [0.1, 0.15) is 135 Å². The highest BCUT2D eigenvalue weighted by Crippen LogP contribution is 2.43. The lowest BCUT2D eigenvalue weighted by atomic mass is 9.85. The van der Waals surface area contributed by atoms with Gasteiger partial charge >= 0.3 is 11.9 Å². The topological polar surface area (TPSA) is 170 Å². The van der Waals surface area contributed by atoms with Gasteiger partial charge in [0.1, 0.15) is 0 Å². The summed E-state index contributed by atoms with van der Waals surface area (Å²) in [6, 6.07) is 5.89. The molecule has 0 fully saturated rings. The van der Waals surface area contributed by atoms with Gasteiger partial charge in [-0.15, -0.1) is 0 Å². The SMILES string of the molecule is C=CC1=C(C)c2cc3nc(c(CC(=O)NCCSCC(C)(C)CCOC(C)C)c4[nH]c(cc5[nH]c(cc1n2)c(C)c5CC)c(C)c4C(=O)O)[C@@H](CCC(=O)O)[C@@H]3C. The number of carbonyl (C=O) groups excluding carboxylic acids is 1. The second-order valence-electron chi connectivity index (χ2n) is 16.3. The molecule has 5 heterocycles. The van der Waals surface area contributed by atoms with Crippen molar-refractivity contribution in [3.05, 3.63) is 81.4 Å². The highest BCUT2D eigenvalue weighted by molar-refractivity contribution is 7.99. The van der Waals surface area contributed by atoms with Crippen molar-refractivity contribution in [1.82, 2.24) is 25.3 Å². The highest BCUT2D eigenvalue weighted by Gasteiger charge is 2.34. The number of allylic oxidation sites excluding steroid dienone is 3. The van der Waals surface area contributed by atoms with E-state index in [1.165, 1.54) is 0 Å². The van der Waals surface area contributed by atoms with Gasteiger partial charge in [-0.25, -0.2) is 9.78 Å². The van der Waals surface area contributed by atoms with E-state index in [0.717, 1.165) is 63.3 Å². The Balaban J connectivity index is 1.69. The molecular weight excluding hydrogens is 739 g/mol. The monoisotopic (exact) mass is 797 g/mol. The Kier molecular flexibility index (Phi) is 13.9. The molecule has 5 rings (SSSR count). The Morgan fingerprint density at radius 2 is 1.74 bits per heavy atom. The fraction of sp³-hybridized carbons (Fsp3) is 0.489. The van der Waals surface area contributed by atoms with Gasteiger partial charge in [0.15, 0.2) is 0 Å². The van der Waals surface area contributed by atoms with Gasteiger partial charge in [-0.1, -0.05) is 40.3 Å². The van der Waals surface area contributed by atoms with Crippen molar-refractivity contribution in [2.75, 3.05) is 24.7 Å². The molecule has 3 aromatic rings. The number of rotatable bonds is 17. The third kappa shape index (κ3) is 9.90. The minimum atomic E-state index is -1.13. The quantitative estimate of drug-likeness (QED) is 0.0836. The number of hydrogen-bond donors (Lipinski definition) is 5. The van der Waals surface area contributed by atoms with Crippen LogP contribution in [0.2, 0.25) is 0 Å². The Morgan fingerprint density at radius 3 is 2.39 bits per heavy atom. The summed E-state index contributed by atoms with van der Waals surface area (Å²) in [7, 11) is 0. The number of carboxylic acid groups (broad SMARTS) is 2. The number of aryl methyl sites for hydroxylation is 3. The summed E-state index contributed by atoms with van der Waals surface area (Å²) in [4.78, 5) is 56.3. The number of amides is 1. The van der Waals surface area contributed by atoms with E-state index in [2.05, 4.69) is 49.6 Å². The zero-order valence-corrected chi connectivity index (χ0v) is 35.8. The van der Waals surface area contributed by atoms with Crippen LogP contribution >= 0.6 is 11.8 Å². The molecule has 306 valence electrons. The molecule has 0 saturated heterocycles. The number of thioether (sulfide) groups is 1. The first-order chi connectivity index (χ1) is 27.0. The number of carboxylic acids is 2. The average molecular weight is 798 g/mol. The van der Waals surface area contributed by atoms with Gasteiger partial charge < -0.3 is 30.2 Å². The Morgan fingerprint density at radius 1 is 1.02 bits per heavy atom. The van der Waals surface area contributed by atoms with E-state index >= 15 is 0 Å². The molecule has 1 amide bonds. The standard InChI is InChI=1S/C45H59N5O6S/c1-11-29-25(5)33-20-35-27(7)31(13-14-40(52)53)42(49-35)32(19-39(51)46-16-18-57-23-45(9,10)15-17-56-24(3)4)43-41(44(54)55)28(8)36(50-43)22-38-30(12-2)26(6)34(48-38)21-37(29)47-33/h11,20-22,24,27,31,48,50H,1,12-19,23H2,2-10H3,(H,46,51)(H,52,53)(H,54,55)/t27-,31-/m0/s1. The maximum absolute atomic E-state index is 13.9. The molecule has 0 spiro atoms. The maximum atomic E-state index is 13.9. The zero-order chi connectivity index (χ0) is 41.8. The van der Waals surface area contributed by atoms with Crippen LogP contribution in [0.4, 0.5) is 0 Å². The van der Waals surface area contributed by atoms with Crippen LogP contribution in [0.15, 0.2) is 30.9 Å². The van der Waals surface area contributed by atoms with Crippen LogP contribution in [0.3, 0.4) is 0 Å². The maximum Gasteiger partial charge on any atom is 0.338 e. The van der Waals surface area contributed by atoms with Crippen molar-refractivity contribution >= 4 is 62.8 Å². The summed E-state index contributed by atoms with van der Waals surface area (Å²) in [5.74, 6) is -1.38. The van der Waals surface area contributed by atoms with Gasteiger partial charge in [0.25, 0.3) is 0 Å². The molecular formula is C45H59N5O6S. The third-order valence-electron chi connectivity index (χ3n) is 11.3. The molecule has 0 aliphatic carbocycles. The number of carbonyl (C=O) groups is 3. The van der Waals surface area contributed by atoms with E-state index in [-0.39, 0.29) is 48.2 Å². The van der Waals surface area contributed by atoms with Gasteiger partial charge in [-0.05, 0) is 106 Å². The smallest absolute Gasteiger partial charge is 0.338 e. The molecule has 2 atom stereocenters. The van der Waals surface area contributed by atoms with Crippen LogP contribution in [0, 0.1) is 19.3 Å². The average Bonchev–Trinajstić information content (AvgIpc) is 3.82. The zero-order valence-electron chi connectivity index (χ0n) is 34.9. The lowest BCUT2D eigenvalue weighted by molar-refractivity contribution is -0.137. The molecule has 0 saturated carbocycles. The van der Waals surface area contributed by atoms with Gasteiger partial charge in [-0.3, -0.25) is 14.6 Å². The van der Waals surface area contributed by atoms with Crippen molar-refractivity contribution in [3.63, 3.8) is 0 Å². The minimum Gasteiger partial charge on any atom is -0.481 e. The Bertz CT molecular complexity index is 2250. The second kappa shape index (κ2) is 18.3. The molecule has 0 unspecified atom stereocenters. The molecule has 0 aromatic carbocycles. The first kappa shape index (κ1) is 43.4. The lowest BCUT2D eigenvalue weighted by Gasteiger charge is -2.24. The summed E-state index contributed by atoms with van der Waals surface area (Å²) in [6.45, 7) is 23.6. The summed E-state index contributed by atoms with van der Waals surface area (Å²) >= 11 is 1.77. The fourth-order valence-electron chi connectivity index (χ4n) is 7.86. The second-order valence-corrected chi connectivity index (χ2v) is 17.4. The highest BCUT2D eigenvalue weighted by atomic mass is 32.2. The summed E-state index contributed by atoms with van der Waals surface area (Å²) < 4.78 is 5.76. The predicted octanol–water partition coefficient (Wildman–Crippen LogP) is 9.29. The summed E-state index contributed by atoms with van der Waals surface area (Å²) in [5, 5.41) is 23.6. The van der Waals surface area contributed by atoms with E-state index in [1.54, 1.807) is 18.7 Å². The largest absolute Gasteiger partial charge is 0.481 e. The Labute approximate surface area is 340 Å². The number of nitrogens with zero attached hydrogens (tertiary/aromatic N) is 2. The molecule has 12 heteroatoms. The molecule has 3 aromatic heterocycles. The lowest BCUT2D eigenvalue weighted by Crippen LogP contribution is -2.28. The van der Waals surface area contributed by atoms with Gasteiger partial charge in [0.05, 0.1) is 40.7 Å². The number of aliphatic carboxylic acids is 1. The van der Waals surface area contributed by atoms with E-state index in [1.807, 2.05) is 52.0 Å². The third-order valence-corrected chi connectivity index (χ3v) is 12.7. The van der Waals surface area contributed by atoms with Crippen LogP contribution in [0.25, 0.3) is 33.2 Å². The first-order valence-corrected chi connectivity index (χ1v) is 21.1. The van der Waals surface area contributed by atoms with Gasteiger partial charge in [-0.2, -0.15) is 11.8 Å². The molecule has 11 nitrogen and oxygen atoms in total. The molecule has 5 N–H and O–H groups in total. The van der Waals surface area contributed by atoms with Crippen molar-refractivity contribution in [2.24, 2.45) is 5.41 Å². The van der Waals surface area contributed by atoms with Crippen molar-refractivity contribution in [3.8, 4) is 0 Å². The minimum absolute atomic E-state index is 0.0545. The number of ether oxygens (including phenoxy) is 1. The van der Waals surface area contributed by atoms with Crippen molar-refractivity contribution in [2.45, 2.75) is 112 Å². The van der Waals surface area contributed by atoms with Gasteiger partial charge in [0, 0.05) is 70.5 Å². The van der Waals surface area contributed by atoms with Crippen LogP contribution in [-0.4, -0.2) is 78.8 Å². The number of aromatic nitrogens is 4. The van der Waals surface area contributed by atoms with Crippen LogP contribution in [0.5, 0.6) is 0 Å². The molecule has 2 aliphatic heterocycles. The number of hydrogen-bond acceptors (Lipinski definition) is 7. The van der Waals surface area contributed by atoms with Crippen molar-refractivity contribution < 1.29 is 29.3 Å². The van der Waals surface area contributed by atoms with Crippen LogP contribution in [-0.2, 0) is 27.2 Å². The normalized spacial score (nSPS) is 15.7. The Hall–Kier alpha value is -4.68. The number of aromatic amines is 2. The fourth-order valence-corrected chi connectivity index (χ4v) is 8.95.